The zero-order chi connectivity index (χ0) is 13.2. The average Bonchev–Trinajstić information content (AvgIpc) is 2.51. The molecule has 0 spiro atoms. The number of rotatable bonds is 5. The van der Waals surface area contributed by atoms with Gasteiger partial charge in [-0.3, -0.25) is 10.1 Å². The maximum atomic E-state index is 11.0. The van der Waals surface area contributed by atoms with E-state index in [-0.39, 0.29) is 28.8 Å². The van der Waals surface area contributed by atoms with E-state index >= 15 is 0 Å². The number of nitro groups is 1. The first-order valence-electron chi connectivity index (χ1n) is 4.83. The second-order valence-corrected chi connectivity index (χ2v) is 6.17. The SMILES string of the molecule is CCc1nn(CCS(C)(=O)=O)c(Cl)c1[N+](=O)[O-]. The molecule has 0 atom stereocenters. The van der Waals surface area contributed by atoms with E-state index in [2.05, 4.69) is 5.10 Å². The van der Waals surface area contributed by atoms with Gasteiger partial charge in [-0.2, -0.15) is 5.10 Å². The van der Waals surface area contributed by atoms with Crippen LogP contribution in [-0.4, -0.2) is 35.1 Å². The number of hydrogen-bond acceptors (Lipinski definition) is 5. The van der Waals surface area contributed by atoms with E-state index in [9.17, 15) is 18.5 Å². The van der Waals surface area contributed by atoms with Crippen LogP contribution in [0.2, 0.25) is 5.15 Å². The number of aromatic nitrogens is 2. The van der Waals surface area contributed by atoms with E-state index in [4.69, 9.17) is 11.6 Å². The molecule has 0 aliphatic carbocycles. The third kappa shape index (κ3) is 3.40. The maximum absolute atomic E-state index is 11.0. The molecule has 17 heavy (non-hydrogen) atoms. The molecule has 96 valence electrons. The smallest absolute Gasteiger partial charge is 0.258 e. The summed E-state index contributed by atoms with van der Waals surface area (Å²) in [6.07, 6.45) is 1.45. The van der Waals surface area contributed by atoms with Gasteiger partial charge in [0.05, 0.1) is 17.2 Å². The molecule has 1 heterocycles. The van der Waals surface area contributed by atoms with E-state index in [1.165, 1.54) is 0 Å². The van der Waals surface area contributed by atoms with Crippen LogP contribution in [0.25, 0.3) is 0 Å². The predicted octanol–water partition coefficient (Wildman–Crippen LogP) is 1.05. The Labute approximate surface area is 103 Å². The first-order valence-corrected chi connectivity index (χ1v) is 7.27. The lowest BCUT2D eigenvalue weighted by atomic mass is 10.3. The number of sulfone groups is 1. The van der Waals surface area contributed by atoms with Crippen LogP contribution in [0.4, 0.5) is 5.69 Å². The molecule has 7 nitrogen and oxygen atoms in total. The van der Waals surface area contributed by atoms with Gasteiger partial charge in [0.25, 0.3) is 0 Å². The predicted molar refractivity (Wildman–Crippen MR) is 63.0 cm³/mol. The Kier molecular flexibility index (Phi) is 4.10. The molecule has 0 N–H and O–H groups in total. The van der Waals surface area contributed by atoms with Gasteiger partial charge in [-0.05, 0) is 6.42 Å². The first kappa shape index (κ1) is 13.9. The topological polar surface area (TPSA) is 95.1 Å². The van der Waals surface area contributed by atoms with Gasteiger partial charge in [0, 0.05) is 6.26 Å². The molecule has 0 unspecified atom stereocenters. The van der Waals surface area contributed by atoms with Gasteiger partial charge in [-0.25, -0.2) is 13.1 Å². The van der Waals surface area contributed by atoms with Gasteiger partial charge in [0.1, 0.15) is 15.5 Å². The summed E-state index contributed by atoms with van der Waals surface area (Å²) in [7, 11) is -3.16. The van der Waals surface area contributed by atoms with Crippen molar-refractivity contribution < 1.29 is 13.3 Å². The summed E-state index contributed by atoms with van der Waals surface area (Å²) in [5, 5.41) is 14.6. The lowest BCUT2D eigenvalue weighted by molar-refractivity contribution is -0.385. The Balaban J connectivity index is 3.07. The van der Waals surface area contributed by atoms with Crippen LogP contribution >= 0.6 is 11.6 Å². The van der Waals surface area contributed by atoms with Crippen LogP contribution in [0.15, 0.2) is 0 Å². The van der Waals surface area contributed by atoms with Crippen molar-refractivity contribution in [1.82, 2.24) is 9.78 Å². The van der Waals surface area contributed by atoms with Crippen LogP contribution in [0.5, 0.6) is 0 Å². The third-order valence-corrected chi connectivity index (χ3v) is 3.43. The Bertz CT molecular complexity index is 537. The molecule has 1 rings (SSSR count). The molecule has 0 aliphatic rings. The lowest BCUT2D eigenvalue weighted by Crippen LogP contribution is -2.12. The average molecular weight is 282 g/mol. The Morgan fingerprint density at radius 2 is 2.12 bits per heavy atom. The van der Waals surface area contributed by atoms with Gasteiger partial charge < -0.3 is 0 Å². The summed E-state index contributed by atoms with van der Waals surface area (Å²) in [5.74, 6) is -0.158. The van der Waals surface area contributed by atoms with Crippen molar-refractivity contribution in [1.29, 1.82) is 0 Å². The van der Waals surface area contributed by atoms with Crippen molar-refractivity contribution in [2.75, 3.05) is 12.0 Å². The summed E-state index contributed by atoms with van der Waals surface area (Å²) in [4.78, 5) is 10.2. The molecule has 0 fully saturated rings. The van der Waals surface area contributed by atoms with Crippen LogP contribution in [0.3, 0.4) is 0 Å². The minimum Gasteiger partial charge on any atom is -0.258 e. The van der Waals surface area contributed by atoms with Crippen molar-refractivity contribution in [2.24, 2.45) is 0 Å². The van der Waals surface area contributed by atoms with Gasteiger partial charge in [-0.1, -0.05) is 18.5 Å². The fourth-order valence-electron chi connectivity index (χ4n) is 1.30. The highest BCUT2D eigenvalue weighted by Gasteiger charge is 2.25. The number of hydrogen-bond donors (Lipinski definition) is 0. The van der Waals surface area contributed by atoms with Crippen LogP contribution in [-0.2, 0) is 22.8 Å². The monoisotopic (exact) mass is 281 g/mol. The molecular formula is C8H12ClN3O4S. The molecule has 1 aromatic rings. The second kappa shape index (κ2) is 5.01. The summed E-state index contributed by atoms with van der Waals surface area (Å²) in [5.41, 5.74) is 0.0103. The zero-order valence-electron chi connectivity index (χ0n) is 9.38. The fourth-order valence-corrected chi connectivity index (χ4v) is 2.10. The van der Waals surface area contributed by atoms with E-state index in [1.54, 1.807) is 6.92 Å². The summed E-state index contributed by atoms with van der Waals surface area (Å²) in [6, 6.07) is 0. The summed E-state index contributed by atoms with van der Waals surface area (Å²) in [6.45, 7) is 1.73. The molecule has 0 saturated carbocycles. The quantitative estimate of drug-likeness (QED) is 0.594. The zero-order valence-corrected chi connectivity index (χ0v) is 11.0. The molecule has 0 saturated heterocycles. The van der Waals surface area contributed by atoms with Crippen molar-refractivity contribution in [3.63, 3.8) is 0 Å². The standard InChI is InChI=1S/C8H12ClN3O4S/c1-3-6-7(12(13)14)8(9)11(10-6)4-5-17(2,15)16/h3-5H2,1-2H3. The number of aryl methyl sites for hydroxylation is 2. The molecule has 0 aromatic carbocycles. The Hall–Kier alpha value is -1.15. The van der Waals surface area contributed by atoms with Crippen molar-refractivity contribution in [3.05, 3.63) is 21.0 Å². The molecule has 1 aromatic heterocycles. The minimum atomic E-state index is -3.16. The first-order chi connectivity index (χ1) is 7.76. The van der Waals surface area contributed by atoms with E-state index < -0.39 is 14.8 Å². The summed E-state index contributed by atoms with van der Waals surface area (Å²) < 4.78 is 23.1. The van der Waals surface area contributed by atoms with Gasteiger partial charge in [0.2, 0.25) is 5.15 Å². The molecule has 9 heteroatoms. The van der Waals surface area contributed by atoms with Crippen LogP contribution in [0.1, 0.15) is 12.6 Å². The van der Waals surface area contributed by atoms with E-state index in [0.29, 0.717) is 6.42 Å². The molecule has 0 amide bonds. The highest BCUT2D eigenvalue weighted by Crippen LogP contribution is 2.28. The third-order valence-electron chi connectivity index (χ3n) is 2.13. The van der Waals surface area contributed by atoms with Gasteiger partial charge in [-0.15, -0.1) is 0 Å². The van der Waals surface area contributed by atoms with Crippen molar-refractivity contribution >= 4 is 27.1 Å². The van der Waals surface area contributed by atoms with Crippen molar-refractivity contribution in [3.8, 4) is 0 Å². The van der Waals surface area contributed by atoms with Crippen LogP contribution in [0, 0.1) is 10.1 Å². The Morgan fingerprint density at radius 3 is 2.47 bits per heavy atom. The molecular weight excluding hydrogens is 270 g/mol. The van der Waals surface area contributed by atoms with Crippen molar-refractivity contribution in [2.45, 2.75) is 19.9 Å². The number of nitrogens with zero attached hydrogens (tertiary/aromatic N) is 3. The molecule has 0 radical (unpaired) electrons. The highest BCUT2D eigenvalue weighted by molar-refractivity contribution is 7.90. The fraction of sp³-hybridized carbons (Fsp3) is 0.625. The van der Waals surface area contributed by atoms with Gasteiger partial charge >= 0.3 is 5.69 Å². The van der Waals surface area contributed by atoms with E-state index in [1.807, 2.05) is 0 Å². The molecule has 0 aliphatic heterocycles. The minimum absolute atomic E-state index is 0.0124. The Morgan fingerprint density at radius 1 is 1.53 bits per heavy atom. The van der Waals surface area contributed by atoms with E-state index in [0.717, 1.165) is 10.9 Å². The van der Waals surface area contributed by atoms with Crippen LogP contribution < -0.4 is 0 Å². The summed E-state index contributed by atoms with van der Waals surface area (Å²) >= 11 is 5.80. The number of halogens is 1. The highest BCUT2D eigenvalue weighted by atomic mass is 35.5. The molecule has 0 bridgehead atoms. The van der Waals surface area contributed by atoms with Gasteiger partial charge in [0.15, 0.2) is 0 Å². The normalized spacial score (nSPS) is 11.7. The second-order valence-electron chi connectivity index (χ2n) is 3.55. The maximum Gasteiger partial charge on any atom is 0.329 e. The largest absolute Gasteiger partial charge is 0.329 e. The lowest BCUT2D eigenvalue weighted by Gasteiger charge is -2.00.